The van der Waals surface area contributed by atoms with Gasteiger partial charge in [0.25, 0.3) is 0 Å². The van der Waals surface area contributed by atoms with Gasteiger partial charge in [-0.3, -0.25) is 5.43 Å². The molecule has 0 atom stereocenters. The smallest absolute Gasteiger partial charge is 0.187 e. The third kappa shape index (κ3) is 5.66. The van der Waals surface area contributed by atoms with E-state index in [0.29, 0.717) is 10.7 Å². The average Bonchev–Trinajstić information content (AvgIpc) is 2.50. The summed E-state index contributed by atoms with van der Waals surface area (Å²) >= 11 is 5.14. The first kappa shape index (κ1) is 15.7. The van der Waals surface area contributed by atoms with Crippen LogP contribution < -0.4 is 15.6 Å². The fraction of sp³-hybridized carbons (Fsp3) is 0.429. The minimum Gasteiger partial charge on any atom is -0.507 e. The summed E-state index contributed by atoms with van der Waals surface area (Å²) < 4.78 is 5.31. The molecule has 1 saturated heterocycles. The number of ether oxygens (including phenoxy) is 1. The first-order valence-electron chi connectivity index (χ1n) is 7.02. The van der Waals surface area contributed by atoms with E-state index in [1.165, 1.54) is 11.1 Å². The first-order valence-corrected chi connectivity index (χ1v) is 7.43. The zero-order valence-electron chi connectivity index (χ0n) is 11.8. The highest BCUT2D eigenvalue weighted by Gasteiger charge is 2.12. The van der Waals surface area contributed by atoms with E-state index in [1.807, 2.05) is 6.07 Å². The molecule has 1 aliphatic rings. The summed E-state index contributed by atoms with van der Waals surface area (Å²) in [6.45, 7) is 5.58. The van der Waals surface area contributed by atoms with Crippen molar-refractivity contribution in [3.05, 3.63) is 29.8 Å². The fourth-order valence-corrected chi connectivity index (χ4v) is 2.21. The van der Waals surface area contributed by atoms with Gasteiger partial charge in [0, 0.05) is 5.56 Å². The molecule has 1 aromatic rings. The molecule has 0 aromatic heterocycles. The lowest BCUT2D eigenvalue weighted by atomic mass is 10.2. The molecule has 1 fully saturated rings. The van der Waals surface area contributed by atoms with Gasteiger partial charge in [0.2, 0.25) is 0 Å². The SMILES string of the molecule is Oc1ccccc1/C=N/NC(=S)NCC[NH+]1CCOCC1. The second-order valence-electron chi connectivity index (χ2n) is 4.80. The van der Waals surface area contributed by atoms with Gasteiger partial charge in [-0.1, -0.05) is 12.1 Å². The number of morpholine rings is 1. The minimum atomic E-state index is 0.192. The van der Waals surface area contributed by atoms with Crippen molar-refractivity contribution in [1.29, 1.82) is 0 Å². The van der Waals surface area contributed by atoms with E-state index in [0.717, 1.165) is 39.4 Å². The Kier molecular flexibility index (Phi) is 6.39. The standard InChI is InChI=1S/C14H20N4O2S/c19-13-4-2-1-3-12(13)11-16-17-14(21)15-5-6-18-7-9-20-10-8-18/h1-4,11,19H,5-10H2,(H2,15,17,21)/p+1/b16-11+. The van der Waals surface area contributed by atoms with Crippen molar-refractivity contribution in [2.45, 2.75) is 0 Å². The molecule has 114 valence electrons. The number of para-hydroxylation sites is 1. The number of nitrogens with one attached hydrogen (secondary N) is 3. The van der Waals surface area contributed by atoms with Crippen LogP contribution in [0, 0.1) is 0 Å². The van der Waals surface area contributed by atoms with Crippen LogP contribution in [-0.2, 0) is 4.74 Å². The molecule has 0 spiro atoms. The van der Waals surface area contributed by atoms with Crippen molar-refractivity contribution in [2.75, 3.05) is 39.4 Å². The Morgan fingerprint density at radius 3 is 2.90 bits per heavy atom. The fourth-order valence-electron chi connectivity index (χ4n) is 2.06. The van der Waals surface area contributed by atoms with E-state index in [1.54, 1.807) is 18.2 Å². The van der Waals surface area contributed by atoms with Gasteiger partial charge in [-0.25, -0.2) is 0 Å². The molecule has 4 N–H and O–H groups in total. The van der Waals surface area contributed by atoms with Gasteiger partial charge in [-0.15, -0.1) is 0 Å². The van der Waals surface area contributed by atoms with Crippen molar-refractivity contribution in [2.24, 2.45) is 5.10 Å². The molecule has 6 nitrogen and oxygen atoms in total. The van der Waals surface area contributed by atoms with Crippen molar-refractivity contribution < 1.29 is 14.7 Å². The van der Waals surface area contributed by atoms with Gasteiger partial charge in [-0.2, -0.15) is 5.10 Å². The lowest BCUT2D eigenvalue weighted by Gasteiger charge is -2.23. The highest BCUT2D eigenvalue weighted by Crippen LogP contribution is 2.12. The lowest BCUT2D eigenvalue weighted by Crippen LogP contribution is -3.14. The van der Waals surface area contributed by atoms with E-state index in [-0.39, 0.29) is 5.75 Å². The Bertz CT molecular complexity index is 490. The predicted molar refractivity (Wildman–Crippen MR) is 85.8 cm³/mol. The minimum absolute atomic E-state index is 0.192. The molecule has 0 unspecified atom stereocenters. The second-order valence-corrected chi connectivity index (χ2v) is 5.21. The van der Waals surface area contributed by atoms with Crippen molar-refractivity contribution in [3.63, 3.8) is 0 Å². The molecule has 0 aliphatic carbocycles. The molecule has 0 saturated carbocycles. The zero-order valence-corrected chi connectivity index (χ0v) is 12.7. The van der Waals surface area contributed by atoms with Crippen LogP contribution in [0.5, 0.6) is 5.75 Å². The highest BCUT2D eigenvalue weighted by molar-refractivity contribution is 7.80. The number of phenolic OH excluding ortho intramolecular Hbond substituents is 1. The number of hydrogen-bond acceptors (Lipinski definition) is 4. The van der Waals surface area contributed by atoms with Crippen LogP contribution in [-0.4, -0.2) is 55.8 Å². The van der Waals surface area contributed by atoms with Gasteiger partial charge in [0.05, 0.1) is 32.5 Å². The number of phenols is 1. The molecule has 1 aromatic carbocycles. The number of nitrogens with zero attached hydrogens (tertiary/aromatic N) is 1. The Hall–Kier alpha value is -1.70. The van der Waals surface area contributed by atoms with Crippen LogP contribution in [0.3, 0.4) is 0 Å². The molecule has 7 heteroatoms. The number of benzene rings is 1. The maximum atomic E-state index is 9.58. The van der Waals surface area contributed by atoms with Crippen LogP contribution in [0.15, 0.2) is 29.4 Å². The van der Waals surface area contributed by atoms with E-state index < -0.39 is 0 Å². The monoisotopic (exact) mass is 309 g/mol. The van der Waals surface area contributed by atoms with Crippen LogP contribution in [0.25, 0.3) is 0 Å². The maximum Gasteiger partial charge on any atom is 0.187 e. The molecule has 1 aliphatic heterocycles. The van der Waals surface area contributed by atoms with Gasteiger partial charge in [-0.05, 0) is 24.4 Å². The molecule has 0 radical (unpaired) electrons. The lowest BCUT2D eigenvalue weighted by molar-refractivity contribution is -0.906. The third-order valence-electron chi connectivity index (χ3n) is 3.27. The third-order valence-corrected chi connectivity index (χ3v) is 3.51. The Morgan fingerprint density at radius 2 is 2.14 bits per heavy atom. The number of thiocarbonyl (C=S) groups is 1. The summed E-state index contributed by atoms with van der Waals surface area (Å²) in [4.78, 5) is 1.52. The van der Waals surface area contributed by atoms with Gasteiger partial charge in [0.1, 0.15) is 18.8 Å². The van der Waals surface area contributed by atoms with Crippen LogP contribution >= 0.6 is 12.2 Å². The number of aromatic hydroxyl groups is 1. The molecule has 21 heavy (non-hydrogen) atoms. The van der Waals surface area contributed by atoms with Crippen molar-refractivity contribution in [1.82, 2.24) is 10.7 Å². The van der Waals surface area contributed by atoms with Gasteiger partial charge < -0.3 is 20.1 Å². The molecule has 0 amide bonds. The summed E-state index contributed by atoms with van der Waals surface area (Å²) in [5.74, 6) is 0.192. The van der Waals surface area contributed by atoms with Crippen molar-refractivity contribution >= 4 is 23.5 Å². The number of quaternary nitrogens is 1. The van der Waals surface area contributed by atoms with E-state index >= 15 is 0 Å². The molecule has 1 heterocycles. The molecular weight excluding hydrogens is 288 g/mol. The summed E-state index contributed by atoms with van der Waals surface area (Å²) in [6.07, 6.45) is 1.54. The van der Waals surface area contributed by atoms with Gasteiger partial charge in [0.15, 0.2) is 5.11 Å². The van der Waals surface area contributed by atoms with E-state index in [4.69, 9.17) is 17.0 Å². The molecule has 2 rings (SSSR count). The first-order chi connectivity index (χ1) is 10.3. The maximum absolute atomic E-state index is 9.58. The highest BCUT2D eigenvalue weighted by atomic mass is 32.1. The Balaban J connectivity index is 1.64. The van der Waals surface area contributed by atoms with E-state index in [2.05, 4.69) is 15.8 Å². The van der Waals surface area contributed by atoms with Gasteiger partial charge >= 0.3 is 0 Å². The van der Waals surface area contributed by atoms with Crippen molar-refractivity contribution in [3.8, 4) is 5.75 Å². The normalized spacial score (nSPS) is 16.0. The molecule has 0 bridgehead atoms. The topological polar surface area (TPSA) is 70.3 Å². The summed E-state index contributed by atoms with van der Waals surface area (Å²) in [7, 11) is 0. The molecular formula is C14H21N4O2S+. The average molecular weight is 309 g/mol. The summed E-state index contributed by atoms with van der Waals surface area (Å²) in [5.41, 5.74) is 3.38. The largest absolute Gasteiger partial charge is 0.507 e. The quantitative estimate of drug-likeness (QED) is 0.323. The zero-order chi connectivity index (χ0) is 14.9. The Morgan fingerprint density at radius 1 is 1.38 bits per heavy atom. The number of hydrazone groups is 1. The summed E-state index contributed by atoms with van der Waals surface area (Å²) in [5, 5.41) is 17.2. The second kappa shape index (κ2) is 8.56. The number of hydrogen-bond donors (Lipinski definition) is 4. The summed E-state index contributed by atoms with van der Waals surface area (Å²) in [6, 6.07) is 6.99. The van der Waals surface area contributed by atoms with Crippen LogP contribution in [0.4, 0.5) is 0 Å². The van der Waals surface area contributed by atoms with Crippen LogP contribution in [0.1, 0.15) is 5.56 Å². The number of rotatable bonds is 5. The van der Waals surface area contributed by atoms with Crippen LogP contribution in [0.2, 0.25) is 0 Å². The Labute approximate surface area is 129 Å². The predicted octanol–water partition coefficient (Wildman–Crippen LogP) is -0.895. The van der Waals surface area contributed by atoms with E-state index in [9.17, 15) is 5.11 Å².